The van der Waals surface area contributed by atoms with Gasteiger partial charge in [-0.15, -0.1) is 12.4 Å². The minimum absolute atomic E-state index is 0. The van der Waals surface area contributed by atoms with E-state index in [1.54, 1.807) is 6.07 Å². The van der Waals surface area contributed by atoms with Crippen LogP contribution in [0.4, 0.5) is 0 Å². The number of aliphatic hydroxyl groups is 1. The Kier molecular flexibility index (Phi) is 8.13. The summed E-state index contributed by atoms with van der Waals surface area (Å²) >= 11 is 0. The highest BCUT2D eigenvalue weighted by molar-refractivity contribution is 5.85. The molecule has 0 aliphatic carbocycles. The van der Waals surface area contributed by atoms with Gasteiger partial charge in [0.15, 0.2) is 0 Å². The number of aliphatic hydroxyl groups excluding tert-OH is 1. The average molecular weight is 407 g/mol. The Morgan fingerprint density at radius 3 is 2.39 bits per heavy atom. The van der Waals surface area contributed by atoms with Crippen LogP contribution in [0, 0.1) is 5.41 Å². The van der Waals surface area contributed by atoms with Crippen LogP contribution in [0.2, 0.25) is 0 Å². The summed E-state index contributed by atoms with van der Waals surface area (Å²) in [7, 11) is 0. The SMILES string of the molecule is CC(C)(CO)[C@H](c1ccc(OCc2ccccc2)cc1O)N1CCNCC1.Cl. The van der Waals surface area contributed by atoms with Crippen molar-refractivity contribution < 1.29 is 14.9 Å². The highest BCUT2D eigenvalue weighted by atomic mass is 35.5. The maximum absolute atomic E-state index is 10.7. The van der Waals surface area contributed by atoms with Crippen molar-refractivity contribution in [1.82, 2.24) is 10.2 Å². The van der Waals surface area contributed by atoms with E-state index < -0.39 is 0 Å². The van der Waals surface area contributed by atoms with Crippen molar-refractivity contribution in [2.24, 2.45) is 5.41 Å². The van der Waals surface area contributed by atoms with Crippen LogP contribution in [-0.4, -0.2) is 47.9 Å². The maximum atomic E-state index is 10.7. The fraction of sp³-hybridized carbons (Fsp3) is 0.455. The van der Waals surface area contributed by atoms with Crippen LogP contribution in [0.3, 0.4) is 0 Å². The fourth-order valence-electron chi connectivity index (χ4n) is 3.72. The van der Waals surface area contributed by atoms with Gasteiger partial charge >= 0.3 is 0 Å². The molecule has 1 fully saturated rings. The van der Waals surface area contributed by atoms with E-state index in [1.807, 2.05) is 56.3 Å². The van der Waals surface area contributed by atoms with E-state index in [4.69, 9.17) is 4.74 Å². The third-order valence-corrected chi connectivity index (χ3v) is 5.21. The monoisotopic (exact) mass is 406 g/mol. The first-order chi connectivity index (χ1) is 13.0. The molecule has 0 unspecified atom stereocenters. The Balaban J connectivity index is 0.00000280. The molecule has 0 aromatic heterocycles. The van der Waals surface area contributed by atoms with E-state index in [0.717, 1.165) is 37.3 Å². The Hall–Kier alpha value is -1.79. The topological polar surface area (TPSA) is 65.0 Å². The van der Waals surface area contributed by atoms with Gasteiger partial charge in [0.2, 0.25) is 0 Å². The predicted octanol–water partition coefficient (Wildman–Crippen LogP) is 3.36. The van der Waals surface area contributed by atoms with Crippen molar-refractivity contribution in [1.29, 1.82) is 0 Å². The number of halogens is 1. The lowest BCUT2D eigenvalue weighted by atomic mass is 9.79. The van der Waals surface area contributed by atoms with Crippen LogP contribution >= 0.6 is 12.4 Å². The quantitative estimate of drug-likeness (QED) is 0.658. The number of rotatable bonds is 7. The van der Waals surface area contributed by atoms with E-state index in [2.05, 4.69) is 10.2 Å². The lowest BCUT2D eigenvalue weighted by molar-refractivity contribution is 0.0292. The first-order valence-corrected chi connectivity index (χ1v) is 9.56. The Morgan fingerprint density at radius 1 is 1.11 bits per heavy atom. The number of phenolic OH excluding ortho intramolecular Hbond substituents is 1. The van der Waals surface area contributed by atoms with Gasteiger partial charge in [0, 0.05) is 55.9 Å². The number of ether oxygens (including phenoxy) is 1. The van der Waals surface area contributed by atoms with Crippen LogP contribution in [0.5, 0.6) is 11.5 Å². The van der Waals surface area contributed by atoms with Crippen LogP contribution in [-0.2, 0) is 6.61 Å². The van der Waals surface area contributed by atoms with Gasteiger partial charge in [-0.2, -0.15) is 0 Å². The van der Waals surface area contributed by atoms with Crippen LogP contribution in [0.15, 0.2) is 48.5 Å². The molecule has 3 rings (SSSR count). The van der Waals surface area contributed by atoms with Crippen LogP contribution < -0.4 is 10.1 Å². The summed E-state index contributed by atoms with van der Waals surface area (Å²) in [5.41, 5.74) is 1.55. The standard InChI is InChI=1S/C22H30N2O3.ClH/c1-22(2,16-25)21(24-12-10-23-11-13-24)19-9-8-18(14-20(19)26)27-15-17-6-4-3-5-7-17;/h3-9,14,21,23,25-26H,10-13,15-16H2,1-2H3;1H/t21-;/m0./s1. The van der Waals surface area contributed by atoms with Crippen molar-refractivity contribution >= 4 is 12.4 Å². The Morgan fingerprint density at radius 2 is 1.79 bits per heavy atom. The molecule has 154 valence electrons. The number of nitrogens with zero attached hydrogens (tertiary/aromatic N) is 1. The van der Waals surface area contributed by atoms with E-state index in [9.17, 15) is 10.2 Å². The van der Waals surface area contributed by atoms with E-state index in [0.29, 0.717) is 12.4 Å². The van der Waals surface area contributed by atoms with Gasteiger partial charge in [-0.05, 0) is 11.6 Å². The van der Waals surface area contributed by atoms with Gasteiger partial charge in [-0.3, -0.25) is 4.90 Å². The second-order valence-electron chi connectivity index (χ2n) is 7.83. The molecular weight excluding hydrogens is 376 g/mol. The molecule has 2 aromatic carbocycles. The predicted molar refractivity (Wildman–Crippen MR) is 114 cm³/mol. The zero-order valence-electron chi connectivity index (χ0n) is 16.6. The first kappa shape index (κ1) is 22.5. The van der Waals surface area contributed by atoms with Gasteiger partial charge in [0.1, 0.15) is 18.1 Å². The lowest BCUT2D eigenvalue weighted by Gasteiger charge is -2.43. The Bertz CT molecular complexity index is 734. The van der Waals surface area contributed by atoms with Crippen molar-refractivity contribution in [3.8, 4) is 11.5 Å². The lowest BCUT2D eigenvalue weighted by Crippen LogP contribution is -2.49. The summed E-state index contributed by atoms with van der Waals surface area (Å²) in [6.45, 7) is 8.20. The van der Waals surface area contributed by atoms with Gasteiger partial charge in [-0.1, -0.05) is 50.2 Å². The summed E-state index contributed by atoms with van der Waals surface area (Å²) in [5.74, 6) is 0.853. The number of phenols is 1. The summed E-state index contributed by atoms with van der Waals surface area (Å²) < 4.78 is 5.83. The molecule has 1 aliphatic heterocycles. The second kappa shape index (κ2) is 10.1. The molecule has 0 radical (unpaired) electrons. The zero-order chi connectivity index (χ0) is 19.3. The summed E-state index contributed by atoms with van der Waals surface area (Å²) in [6, 6.07) is 15.4. The smallest absolute Gasteiger partial charge is 0.124 e. The summed E-state index contributed by atoms with van der Waals surface area (Å²) in [4.78, 5) is 2.34. The molecule has 3 N–H and O–H groups in total. The number of hydrogen-bond acceptors (Lipinski definition) is 5. The summed E-state index contributed by atoms with van der Waals surface area (Å²) in [6.07, 6.45) is 0. The molecule has 5 nitrogen and oxygen atoms in total. The summed E-state index contributed by atoms with van der Waals surface area (Å²) in [5, 5.41) is 24.1. The first-order valence-electron chi connectivity index (χ1n) is 9.56. The molecule has 0 spiro atoms. The molecule has 2 aromatic rings. The number of nitrogens with one attached hydrogen (secondary N) is 1. The third-order valence-electron chi connectivity index (χ3n) is 5.21. The van der Waals surface area contributed by atoms with E-state index >= 15 is 0 Å². The van der Waals surface area contributed by atoms with E-state index in [-0.39, 0.29) is 36.2 Å². The molecule has 0 saturated carbocycles. The number of benzene rings is 2. The van der Waals surface area contributed by atoms with Crippen molar-refractivity contribution in [2.45, 2.75) is 26.5 Å². The van der Waals surface area contributed by atoms with Gasteiger partial charge in [-0.25, -0.2) is 0 Å². The molecular formula is C22H31ClN2O3. The third kappa shape index (κ3) is 5.39. The number of piperazine rings is 1. The second-order valence-corrected chi connectivity index (χ2v) is 7.83. The normalized spacial score (nSPS) is 16.2. The molecule has 6 heteroatoms. The Labute approximate surface area is 173 Å². The van der Waals surface area contributed by atoms with Gasteiger partial charge in [0.05, 0.1) is 0 Å². The highest BCUT2D eigenvalue weighted by Gasteiger charge is 2.37. The molecule has 28 heavy (non-hydrogen) atoms. The molecule has 1 heterocycles. The molecule has 1 aliphatic rings. The molecule has 0 bridgehead atoms. The molecule has 0 amide bonds. The zero-order valence-corrected chi connectivity index (χ0v) is 17.4. The van der Waals surface area contributed by atoms with Crippen molar-refractivity contribution in [3.05, 3.63) is 59.7 Å². The number of aromatic hydroxyl groups is 1. The van der Waals surface area contributed by atoms with E-state index in [1.165, 1.54) is 0 Å². The van der Waals surface area contributed by atoms with Gasteiger partial charge in [0.25, 0.3) is 0 Å². The largest absolute Gasteiger partial charge is 0.507 e. The highest BCUT2D eigenvalue weighted by Crippen LogP contribution is 2.42. The maximum Gasteiger partial charge on any atom is 0.124 e. The minimum atomic E-state index is -0.374. The molecule has 1 saturated heterocycles. The van der Waals surface area contributed by atoms with Crippen molar-refractivity contribution in [3.63, 3.8) is 0 Å². The van der Waals surface area contributed by atoms with Crippen LogP contribution in [0.25, 0.3) is 0 Å². The van der Waals surface area contributed by atoms with Crippen molar-refractivity contribution in [2.75, 3.05) is 32.8 Å². The number of hydrogen-bond donors (Lipinski definition) is 3. The fourth-order valence-corrected chi connectivity index (χ4v) is 3.72. The average Bonchev–Trinajstić information content (AvgIpc) is 2.69. The van der Waals surface area contributed by atoms with Crippen LogP contribution in [0.1, 0.15) is 31.0 Å². The van der Waals surface area contributed by atoms with Gasteiger partial charge < -0.3 is 20.3 Å². The molecule has 1 atom stereocenters. The minimum Gasteiger partial charge on any atom is -0.507 e.